The normalized spacial score (nSPS) is 29.4. The third kappa shape index (κ3) is 0.953. The molecule has 2 nitrogen and oxygen atoms in total. The van der Waals surface area contributed by atoms with Gasteiger partial charge in [-0.3, -0.25) is 4.98 Å². The Hall–Kier alpha value is -0.890. The second-order valence-corrected chi connectivity index (χ2v) is 4.31. The number of hydrogen-bond acceptors (Lipinski definition) is 2. The Labute approximate surface area is 78.4 Å². The van der Waals surface area contributed by atoms with E-state index in [0.29, 0.717) is 11.5 Å². The van der Waals surface area contributed by atoms with Crippen molar-refractivity contribution < 1.29 is 0 Å². The second-order valence-electron chi connectivity index (χ2n) is 4.31. The minimum atomic E-state index is 0.615. The van der Waals surface area contributed by atoms with Crippen molar-refractivity contribution in [2.75, 3.05) is 6.54 Å². The number of nitrogens with zero attached hydrogens (tertiary/aromatic N) is 1. The molecule has 1 aliphatic carbocycles. The van der Waals surface area contributed by atoms with Gasteiger partial charge < -0.3 is 5.32 Å². The maximum absolute atomic E-state index is 4.05. The van der Waals surface area contributed by atoms with Gasteiger partial charge in [-0.25, -0.2) is 0 Å². The molecule has 1 saturated heterocycles. The number of aromatic nitrogens is 1. The molecule has 1 N–H and O–H groups in total. The molecule has 0 unspecified atom stereocenters. The molecule has 1 aliphatic heterocycles. The van der Waals surface area contributed by atoms with Gasteiger partial charge in [0.25, 0.3) is 0 Å². The summed E-state index contributed by atoms with van der Waals surface area (Å²) in [4.78, 5) is 4.05. The molecule has 2 aliphatic rings. The molecule has 68 valence electrons. The highest BCUT2D eigenvalue weighted by molar-refractivity contribution is 5.24. The maximum atomic E-state index is 4.05. The van der Waals surface area contributed by atoms with E-state index in [0.717, 1.165) is 0 Å². The predicted octanol–water partition coefficient (Wildman–Crippen LogP) is 1.90. The summed E-state index contributed by atoms with van der Waals surface area (Å²) in [6, 6.07) is 4.89. The average Bonchev–Trinajstić information content (AvgIpc) is 2.01. The summed E-state index contributed by atoms with van der Waals surface area (Å²) in [6.07, 6.45) is 8.02. The van der Waals surface area contributed by atoms with Crippen LogP contribution in [-0.4, -0.2) is 11.5 Å². The molecule has 2 heterocycles. The van der Waals surface area contributed by atoms with Crippen LogP contribution in [0.4, 0.5) is 0 Å². The summed E-state index contributed by atoms with van der Waals surface area (Å²) in [7, 11) is 0. The van der Waals surface area contributed by atoms with E-state index in [1.807, 2.05) is 12.4 Å². The molecule has 0 amide bonds. The van der Waals surface area contributed by atoms with Crippen LogP contribution in [-0.2, 0) is 0 Å². The van der Waals surface area contributed by atoms with E-state index in [1.165, 1.54) is 31.4 Å². The summed E-state index contributed by atoms with van der Waals surface area (Å²) < 4.78 is 0. The highest BCUT2D eigenvalue weighted by Crippen LogP contribution is 2.54. The largest absolute Gasteiger partial charge is 0.309 e. The fourth-order valence-electron chi connectivity index (χ4n) is 2.62. The zero-order chi connectivity index (χ0) is 8.73. The lowest BCUT2D eigenvalue weighted by Gasteiger charge is -2.56. The highest BCUT2D eigenvalue weighted by atomic mass is 15.1. The van der Waals surface area contributed by atoms with E-state index < -0.39 is 0 Å². The smallest absolute Gasteiger partial charge is 0.0390 e. The molecule has 1 aromatic heterocycles. The van der Waals surface area contributed by atoms with Crippen LogP contribution in [0.5, 0.6) is 0 Å². The standard InChI is InChI=1S/C11H14N2/c1-4-11(5-1)8-13-10(11)9-2-6-12-7-3-9/h2-3,6-7,10,13H,1,4-5,8H2/t10-/m1/s1. The zero-order valence-electron chi connectivity index (χ0n) is 7.66. The van der Waals surface area contributed by atoms with E-state index in [1.54, 1.807) is 0 Å². The molecule has 0 bridgehead atoms. The topological polar surface area (TPSA) is 24.9 Å². The molecule has 3 rings (SSSR count). The van der Waals surface area contributed by atoms with Gasteiger partial charge in [0.2, 0.25) is 0 Å². The van der Waals surface area contributed by atoms with Crippen LogP contribution in [0.2, 0.25) is 0 Å². The van der Waals surface area contributed by atoms with Crippen molar-refractivity contribution in [2.24, 2.45) is 5.41 Å². The fourth-order valence-corrected chi connectivity index (χ4v) is 2.62. The Morgan fingerprint density at radius 3 is 2.54 bits per heavy atom. The molecule has 0 aromatic carbocycles. The van der Waals surface area contributed by atoms with Gasteiger partial charge in [-0.05, 0) is 30.5 Å². The predicted molar refractivity (Wildman–Crippen MR) is 51.3 cm³/mol. The van der Waals surface area contributed by atoms with Crippen LogP contribution in [0.3, 0.4) is 0 Å². The van der Waals surface area contributed by atoms with Gasteiger partial charge in [0.05, 0.1) is 0 Å². The first-order valence-corrected chi connectivity index (χ1v) is 5.04. The lowest BCUT2D eigenvalue weighted by molar-refractivity contribution is -0.00568. The van der Waals surface area contributed by atoms with Crippen molar-refractivity contribution in [1.29, 1.82) is 0 Å². The van der Waals surface area contributed by atoms with Crippen LogP contribution < -0.4 is 5.32 Å². The number of nitrogens with one attached hydrogen (secondary N) is 1. The first-order chi connectivity index (χ1) is 6.41. The van der Waals surface area contributed by atoms with E-state index in [2.05, 4.69) is 22.4 Å². The molecule has 1 aromatic rings. The zero-order valence-corrected chi connectivity index (χ0v) is 7.66. The second kappa shape index (κ2) is 2.55. The summed E-state index contributed by atoms with van der Waals surface area (Å²) in [5.41, 5.74) is 2.04. The molecular weight excluding hydrogens is 160 g/mol. The molecule has 0 radical (unpaired) electrons. The van der Waals surface area contributed by atoms with Crippen LogP contribution >= 0.6 is 0 Å². The number of pyridine rings is 1. The van der Waals surface area contributed by atoms with E-state index in [-0.39, 0.29) is 0 Å². The van der Waals surface area contributed by atoms with Gasteiger partial charge in [-0.1, -0.05) is 6.42 Å². The van der Waals surface area contributed by atoms with Gasteiger partial charge in [-0.15, -0.1) is 0 Å². The van der Waals surface area contributed by atoms with Gasteiger partial charge in [0.1, 0.15) is 0 Å². The molecule has 1 atom stereocenters. The van der Waals surface area contributed by atoms with Crippen LogP contribution in [0, 0.1) is 5.41 Å². The van der Waals surface area contributed by atoms with Crippen molar-refractivity contribution in [3.8, 4) is 0 Å². The summed E-state index contributed by atoms with van der Waals surface area (Å²) in [5.74, 6) is 0. The van der Waals surface area contributed by atoms with E-state index >= 15 is 0 Å². The summed E-state index contributed by atoms with van der Waals surface area (Å²) in [5, 5.41) is 3.53. The molecule has 13 heavy (non-hydrogen) atoms. The van der Waals surface area contributed by atoms with Crippen LogP contribution in [0.25, 0.3) is 0 Å². The molecule has 2 heteroatoms. The van der Waals surface area contributed by atoms with Crippen LogP contribution in [0.15, 0.2) is 24.5 Å². The highest BCUT2D eigenvalue weighted by Gasteiger charge is 2.50. The van der Waals surface area contributed by atoms with Crippen molar-refractivity contribution >= 4 is 0 Å². The first kappa shape index (κ1) is 7.51. The fraction of sp³-hybridized carbons (Fsp3) is 0.545. The minimum absolute atomic E-state index is 0.615. The lowest BCUT2D eigenvalue weighted by atomic mass is 9.58. The Morgan fingerprint density at radius 1 is 1.31 bits per heavy atom. The quantitative estimate of drug-likeness (QED) is 0.703. The van der Waals surface area contributed by atoms with E-state index in [9.17, 15) is 0 Å². The lowest BCUT2D eigenvalue weighted by Crippen LogP contribution is -2.59. The maximum Gasteiger partial charge on any atom is 0.0390 e. The Morgan fingerprint density at radius 2 is 2.08 bits per heavy atom. The van der Waals surface area contributed by atoms with Gasteiger partial charge in [-0.2, -0.15) is 0 Å². The molecule has 1 spiro atoms. The molecule has 2 fully saturated rings. The third-order valence-electron chi connectivity index (χ3n) is 3.66. The summed E-state index contributed by atoms with van der Waals surface area (Å²) in [6.45, 7) is 1.22. The van der Waals surface area contributed by atoms with Crippen molar-refractivity contribution in [2.45, 2.75) is 25.3 Å². The van der Waals surface area contributed by atoms with E-state index in [4.69, 9.17) is 0 Å². The SMILES string of the molecule is c1cc([C@H]2NCC23CCC3)ccn1. The van der Waals surface area contributed by atoms with Crippen molar-refractivity contribution in [3.63, 3.8) is 0 Å². The number of hydrogen-bond donors (Lipinski definition) is 1. The minimum Gasteiger partial charge on any atom is -0.309 e. The number of rotatable bonds is 1. The van der Waals surface area contributed by atoms with Gasteiger partial charge in [0, 0.05) is 30.4 Å². The van der Waals surface area contributed by atoms with Crippen molar-refractivity contribution in [1.82, 2.24) is 10.3 Å². The Balaban J connectivity index is 1.87. The summed E-state index contributed by atoms with van der Waals surface area (Å²) >= 11 is 0. The Bertz CT molecular complexity index is 298. The van der Waals surface area contributed by atoms with Gasteiger partial charge >= 0.3 is 0 Å². The average molecular weight is 174 g/mol. The molecule has 1 saturated carbocycles. The first-order valence-electron chi connectivity index (χ1n) is 5.04. The van der Waals surface area contributed by atoms with Crippen LogP contribution in [0.1, 0.15) is 30.9 Å². The third-order valence-corrected chi connectivity index (χ3v) is 3.66. The molecular formula is C11H14N2. The monoisotopic (exact) mass is 174 g/mol. The Kier molecular flexibility index (Phi) is 1.47. The van der Waals surface area contributed by atoms with Crippen molar-refractivity contribution in [3.05, 3.63) is 30.1 Å². The van der Waals surface area contributed by atoms with Gasteiger partial charge in [0.15, 0.2) is 0 Å².